The van der Waals surface area contributed by atoms with Crippen LogP contribution in [0.1, 0.15) is 93.6 Å². The molecule has 376 valence electrons. The molecule has 2 aliphatic rings. The van der Waals surface area contributed by atoms with Gasteiger partial charge in [0.05, 0.1) is 16.7 Å². The minimum Gasteiger partial charge on any atom is -0.444 e. The molecule has 2 aromatic carbocycles. The van der Waals surface area contributed by atoms with Gasteiger partial charge < -0.3 is 44.4 Å². The van der Waals surface area contributed by atoms with Crippen LogP contribution >= 0.6 is 0 Å². The number of likely N-dealkylation sites (tertiary alicyclic amines) is 2. The average Bonchev–Trinajstić information content (AvgIpc) is 4.09. The van der Waals surface area contributed by atoms with Crippen LogP contribution in [0.5, 0.6) is 0 Å². The van der Waals surface area contributed by atoms with Crippen LogP contribution in [-0.4, -0.2) is 146 Å². The molecule has 4 unspecified atom stereocenters. The molecule has 0 radical (unpaired) electrons. The van der Waals surface area contributed by atoms with Gasteiger partial charge in [-0.3, -0.25) is 24.1 Å². The highest BCUT2D eigenvalue weighted by Crippen LogP contribution is 2.37. The summed E-state index contributed by atoms with van der Waals surface area (Å²) in [5.74, 6) is -2.70. The van der Waals surface area contributed by atoms with E-state index >= 15 is 0 Å². The van der Waals surface area contributed by atoms with Crippen molar-refractivity contribution in [3.05, 3.63) is 53.6 Å². The number of aromatic nitrogens is 3. The van der Waals surface area contributed by atoms with Crippen LogP contribution in [0.4, 0.5) is 18.4 Å². The number of hydrogen-bond acceptors (Lipinski definition) is 9. The topological polar surface area (TPSA) is 192 Å². The summed E-state index contributed by atoms with van der Waals surface area (Å²) >= 11 is 0. The molecule has 19 heteroatoms. The molecule has 17 nitrogen and oxygen atoms in total. The molecule has 3 N–H and O–H groups in total. The second-order valence-corrected chi connectivity index (χ2v) is 20.1. The molecule has 6 amide bonds. The minimum atomic E-state index is -1.16. The lowest BCUT2D eigenvalue weighted by Crippen LogP contribution is -2.57. The van der Waals surface area contributed by atoms with Gasteiger partial charge in [0.15, 0.2) is 11.9 Å². The van der Waals surface area contributed by atoms with Crippen molar-refractivity contribution < 1.29 is 47.0 Å². The van der Waals surface area contributed by atoms with Gasteiger partial charge in [-0.1, -0.05) is 27.7 Å². The first kappa shape index (κ1) is 52.1. The number of H-pyrrole nitrogens is 1. The minimum absolute atomic E-state index is 0.235. The SMILES string of the molecule is CNC(=O)OC(C)C(=O)NC(C(=O)N1CCC[C@H]1Cn1c(-c2[nH]c3cc(F)ccc3c2C[C@@H]2CCCN2C(=O)C(C(C)C)N(C)C(=O)C(C)N(C)C(=O)OC(C)(C)C)nc2cc(F)ccc21)C(C)C. The maximum absolute atomic E-state index is 15.0. The summed E-state index contributed by atoms with van der Waals surface area (Å²) in [5.41, 5.74) is 2.01. The highest BCUT2D eigenvalue weighted by molar-refractivity contribution is 5.94. The fourth-order valence-corrected chi connectivity index (χ4v) is 9.60. The fourth-order valence-electron chi connectivity index (χ4n) is 9.60. The molecule has 0 saturated carbocycles. The van der Waals surface area contributed by atoms with Crippen molar-refractivity contribution in [1.29, 1.82) is 0 Å². The van der Waals surface area contributed by atoms with Crippen LogP contribution in [0, 0.1) is 23.5 Å². The van der Waals surface area contributed by atoms with Gasteiger partial charge in [0.1, 0.15) is 35.4 Å². The number of likely N-dealkylation sites (N-methyl/N-ethyl adjacent to an activating group) is 2. The maximum atomic E-state index is 15.0. The number of benzene rings is 2. The van der Waals surface area contributed by atoms with Crippen molar-refractivity contribution >= 4 is 57.8 Å². The fraction of sp³-hybridized carbons (Fsp3) is 0.580. The number of amides is 6. The van der Waals surface area contributed by atoms with Crippen LogP contribution in [0.25, 0.3) is 33.5 Å². The van der Waals surface area contributed by atoms with Gasteiger partial charge in [0.2, 0.25) is 17.7 Å². The lowest BCUT2D eigenvalue weighted by atomic mass is 9.97. The Morgan fingerprint density at radius 1 is 0.855 bits per heavy atom. The first-order valence-corrected chi connectivity index (χ1v) is 23.9. The Morgan fingerprint density at radius 2 is 1.48 bits per heavy atom. The molecule has 69 heavy (non-hydrogen) atoms. The molecule has 0 aliphatic carbocycles. The first-order valence-electron chi connectivity index (χ1n) is 23.9. The standard InChI is InChI=1S/C50H69F2N9O8/c1-27(2)40(56-44(62)30(6)68-48(66)53-10)46(64)60-22-14-16-34(60)26-61-39-20-18-32(52)24-38(39)55-43(61)41-36(35-19-17-31(51)23-37(35)54-41)25-33-15-13-21-59(33)47(65)42(28(3)4)58(12)45(63)29(5)57(11)49(67)69-50(7,8)9/h17-20,23-24,27-30,33-34,40,42,54H,13-16,21-22,25-26H2,1-12H3,(H,53,66)(H,56,62)/t29?,30?,33-,34-,40?,42?/m0/s1. The van der Waals surface area contributed by atoms with Crippen LogP contribution in [0.2, 0.25) is 0 Å². The maximum Gasteiger partial charge on any atom is 0.410 e. The van der Waals surface area contributed by atoms with Crippen LogP contribution < -0.4 is 10.6 Å². The summed E-state index contributed by atoms with van der Waals surface area (Å²) in [6.45, 7) is 16.8. The van der Waals surface area contributed by atoms with Crippen LogP contribution in [-0.2, 0) is 41.6 Å². The summed E-state index contributed by atoms with van der Waals surface area (Å²) in [4.78, 5) is 95.8. The Labute approximate surface area is 402 Å². The van der Waals surface area contributed by atoms with E-state index in [4.69, 9.17) is 14.5 Å². The molecule has 6 atom stereocenters. The van der Waals surface area contributed by atoms with Gasteiger partial charge >= 0.3 is 12.2 Å². The van der Waals surface area contributed by atoms with Crippen LogP contribution in [0.15, 0.2) is 36.4 Å². The Balaban J connectivity index is 1.33. The Hall–Kier alpha value is -6.27. The predicted octanol–water partition coefficient (Wildman–Crippen LogP) is 6.61. The Morgan fingerprint density at radius 3 is 2.10 bits per heavy atom. The summed E-state index contributed by atoms with van der Waals surface area (Å²) in [6, 6.07) is 5.38. The number of fused-ring (bicyclic) bond motifs is 2. The second kappa shape index (κ2) is 21.2. The summed E-state index contributed by atoms with van der Waals surface area (Å²) in [5, 5.41) is 5.82. The molecule has 2 aliphatic heterocycles. The summed E-state index contributed by atoms with van der Waals surface area (Å²) in [6.07, 6.45) is 0.381. The molecule has 2 fully saturated rings. The van der Waals surface area contributed by atoms with E-state index in [1.54, 1.807) is 51.8 Å². The number of halogens is 2. The number of hydrogen-bond donors (Lipinski definition) is 3. The van der Waals surface area contributed by atoms with Gasteiger partial charge in [0, 0.05) is 69.8 Å². The third-order valence-corrected chi connectivity index (χ3v) is 13.3. The van der Waals surface area contributed by atoms with Crippen LogP contribution in [0.3, 0.4) is 0 Å². The molecule has 4 aromatic rings. The van der Waals surface area contributed by atoms with Crippen molar-refractivity contribution in [3.63, 3.8) is 0 Å². The van der Waals surface area contributed by atoms with Gasteiger partial charge in [0.25, 0.3) is 5.91 Å². The predicted molar refractivity (Wildman–Crippen MR) is 257 cm³/mol. The molecular weight excluding hydrogens is 893 g/mol. The number of aromatic amines is 1. The van der Waals surface area contributed by atoms with E-state index in [0.29, 0.717) is 78.6 Å². The number of imidazole rings is 1. The number of carbonyl (C=O) groups excluding carboxylic acids is 6. The zero-order chi connectivity index (χ0) is 50.8. The zero-order valence-electron chi connectivity index (χ0n) is 41.9. The summed E-state index contributed by atoms with van der Waals surface area (Å²) < 4.78 is 42.5. The van der Waals surface area contributed by atoms with Gasteiger partial charge in [-0.15, -0.1) is 0 Å². The lowest BCUT2D eigenvalue weighted by Gasteiger charge is -2.38. The van der Waals surface area contributed by atoms with Crippen molar-refractivity contribution in [2.45, 2.75) is 143 Å². The highest BCUT2D eigenvalue weighted by Gasteiger charge is 2.42. The number of rotatable bonds is 15. The largest absolute Gasteiger partial charge is 0.444 e. The number of carbonyl (C=O) groups is 6. The van der Waals surface area contributed by atoms with E-state index in [-0.39, 0.29) is 42.3 Å². The number of nitrogens with zero attached hydrogens (tertiary/aromatic N) is 6. The van der Waals surface area contributed by atoms with Crippen molar-refractivity contribution in [1.82, 2.24) is 44.8 Å². The average molecular weight is 962 g/mol. The van der Waals surface area contributed by atoms with E-state index in [2.05, 4.69) is 15.6 Å². The lowest BCUT2D eigenvalue weighted by molar-refractivity contribution is -0.149. The Bertz CT molecular complexity index is 2570. The van der Waals surface area contributed by atoms with Crippen molar-refractivity contribution in [3.8, 4) is 11.5 Å². The van der Waals surface area contributed by atoms with E-state index < -0.39 is 65.5 Å². The van der Waals surface area contributed by atoms with Crippen molar-refractivity contribution in [2.75, 3.05) is 34.2 Å². The van der Waals surface area contributed by atoms with Crippen molar-refractivity contribution in [2.24, 2.45) is 11.8 Å². The normalized spacial score (nSPS) is 18.1. The van der Waals surface area contributed by atoms with E-state index in [9.17, 15) is 37.5 Å². The van der Waals surface area contributed by atoms with E-state index in [0.717, 1.165) is 5.56 Å². The van der Waals surface area contributed by atoms with Gasteiger partial charge in [-0.25, -0.2) is 23.4 Å². The van der Waals surface area contributed by atoms with Gasteiger partial charge in [-0.05, 0) is 114 Å². The third-order valence-electron chi connectivity index (χ3n) is 13.3. The summed E-state index contributed by atoms with van der Waals surface area (Å²) in [7, 11) is 4.45. The molecule has 4 heterocycles. The molecule has 2 saturated heterocycles. The molecule has 2 aromatic heterocycles. The zero-order valence-corrected chi connectivity index (χ0v) is 41.9. The smallest absolute Gasteiger partial charge is 0.410 e. The second-order valence-electron chi connectivity index (χ2n) is 20.1. The number of ether oxygens (including phenoxy) is 2. The Kier molecular flexibility index (Phi) is 16.0. The quantitative estimate of drug-likeness (QED) is 0.118. The van der Waals surface area contributed by atoms with E-state index in [1.165, 1.54) is 55.1 Å². The first-order chi connectivity index (χ1) is 32.4. The third kappa shape index (κ3) is 11.4. The molecule has 6 rings (SSSR count). The number of nitrogens with one attached hydrogen (secondary N) is 3. The monoisotopic (exact) mass is 962 g/mol. The highest BCUT2D eigenvalue weighted by atomic mass is 19.1. The van der Waals surface area contributed by atoms with E-state index in [1.807, 2.05) is 37.2 Å². The van der Waals surface area contributed by atoms with Gasteiger partial charge in [-0.2, -0.15) is 0 Å². The molecule has 0 spiro atoms. The number of alkyl carbamates (subject to hydrolysis) is 1. The molecular formula is C50H69F2N9O8. The molecule has 0 bridgehead atoms.